The van der Waals surface area contributed by atoms with Crippen LogP contribution in [0.4, 0.5) is 5.69 Å². The first-order chi connectivity index (χ1) is 12.1. The van der Waals surface area contributed by atoms with Gasteiger partial charge in [0.25, 0.3) is 0 Å². The third-order valence-corrected chi connectivity index (χ3v) is 3.61. The van der Waals surface area contributed by atoms with E-state index in [1.807, 2.05) is 10.8 Å². The van der Waals surface area contributed by atoms with Crippen LogP contribution in [0.5, 0.6) is 5.75 Å². The van der Waals surface area contributed by atoms with Crippen LogP contribution in [0.3, 0.4) is 0 Å². The van der Waals surface area contributed by atoms with Gasteiger partial charge in [-0.25, -0.2) is 4.98 Å². The predicted octanol–water partition coefficient (Wildman–Crippen LogP) is 1.35. The molecule has 0 spiro atoms. The zero-order valence-electron chi connectivity index (χ0n) is 14.0. The number of carboxylic acids is 1. The lowest BCUT2D eigenvalue weighted by Crippen LogP contribution is -2.40. The first kappa shape index (κ1) is 18.5. The molecule has 2 rings (SSSR count). The van der Waals surface area contributed by atoms with Gasteiger partial charge in [-0.05, 0) is 25.1 Å². The number of aliphatic carboxylic acids is 1. The minimum Gasteiger partial charge on any atom is -0.495 e. The normalized spacial score (nSPS) is 11.7. The fraction of sp³-hybridized carbons (Fsp3) is 0.353. The Balaban J connectivity index is 1.81. The summed E-state index contributed by atoms with van der Waals surface area (Å²) in [5, 5.41) is 14.9. The van der Waals surface area contributed by atoms with Crippen molar-refractivity contribution in [2.75, 3.05) is 19.0 Å². The largest absolute Gasteiger partial charge is 0.495 e. The van der Waals surface area contributed by atoms with Gasteiger partial charge in [0.05, 0.1) is 25.5 Å². The van der Waals surface area contributed by atoms with Gasteiger partial charge in [-0.2, -0.15) is 0 Å². The lowest BCUT2D eigenvalue weighted by atomic mass is 10.2. The van der Waals surface area contributed by atoms with Crippen LogP contribution in [0.25, 0.3) is 0 Å². The molecule has 0 saturated heterocycles. The number of benzene rings is 1. The fourth-order valence-corrected chi connectivity index (χ4v) is 2.34. The molecule has 1 aromatic heterocycles. The first-order valence-corrected chi connectivity index (χ1v) is 7.95. The Hall–Kier alpha value is -2.87. The second kappa shape index (κ2) is 9.43. The number of aromatic nitrogens is 2. The van der Waals surface area contributed by atoms with E-state index in [2.05, 4.69) is 15.6 Å². The van der Waals surface area contributed by atoms with Crippen molar-refractivity contribution in [3.8, 4) is 5.75 Å². The predicted molar refractivity (Wildman–Crippen MR) is 92.5 cm³/mol. The van der Waals surface area contributed by atoms with Crippen molar-refractivity contribution in [1.29, 1.82) is 0 Å². The summed E-state index contributed by atoms with van der Waals surface area (Å²) >= 11 is 0. The zero-order valence-corrected chi connectivity index (χ0v) is 14.0. The summed E-state index contributed by atoms with van der Waals surface area (Å²) in [6, 6.07) is 6.03. The highest BCUT2D eigenvalue weighted by molar-refractivity contribution is 5.95. The summed E-state index contributed by atoms with van der Waals surface area (Å²) in [7, 11) is 1.51. The monoisotopic (exact) mass is 346 g/mol. The highest BCUT2D eigenvalue weighted by Gasteiger charge is 2.21. The Bertz CT molecular complexity index is 688. The zero-order chi connectivity index (χ0) is 18.1. The van der Waals surface area contributed by atoms with Gasteiger partial charge in [0.2, 0.25) is 5.91 Å². The van der Waals surface area contributed by atoms with Crippen molar-refractivity contribution < 1.29 is 19.4 Å². The molecule has 8 nitrogen and oxygen atoms in total. The molecular formula is C17H22N4O4. The van der Waals surface area contributed by atoms with Gasteiger partial charge >= 0.3 is 5.97 Å². The number of hydrogen-bond acceptors (Lipinski definition) is 5. The van der Waals surface area contributed by atoms with E-state index in [-0.39, 0.29) is 12.3 Å². The maximum atomic E-state index is 12.1. The van der Waals surface area contributed by atoms with Crippen LogP contribution >= 0.6 is 0 Å². The molecule has 1 heterocycles. The Morgan fingerprint density at radius 2 is 2.16 bits per heavy atom. The van der Waals surface area contributed by atoms with Crippen molar-refractivity contribution in [2.45, 2.75) is 25.4 Å². The number of nitrogens with one attached hydrogen (secondary N) is 2. The smallest absolute Gasteiger partial charge is 0.321 e. The maximum absolute atomic E-state index is 12.1. The van der Waals surface area contributed by atoms with E-state index in [4.69, 9.17) is 4.74 Å². The lowest BCUT2D eigenvalue weighted by molar-refractivity contribution is -0.141. The van der Waals surface area contributed by atoms with Gasteiger partial charge < -0.3 is 25.0 Å². The van der Waals surface area contributed by atoms with Gasteiger partial charge in [0.1, 0.15) is 11.8 Å². The molecule has 134 valence electrons. The molecule has 0 unspecified atom stereocenters. The molecule has 25 heavy (non-hydrogen) atoms. The number of imidazole rings is 1. The minimum absolute atomic E-state index is 0.168. The third-order valence-electron chi connectivity index (χ3n) is 3.61. The molecule has 0 aliphatic rings. The lowest BCUT2D eigenvalue weighted by Gasteiger charge is -2.15. The number of para-hydroxylation sites is 2. The van der Waals surface area contributed by atoms with Crippen LogP contribution in [-0.2, 0) is 16.1 Å². The summed E-state index contributed by atoms with van der Waals surface area (Å²) in [5.41, 5.74) is 0.513. The number of rotatable bonds is 10. The van der Waals surface area contributed by atoms with Crippen molar-refractivity contribution in [3.05, 3.63) is 43.0 Å². The molecular weight excluding hydrogens is 324 g/mol. The van der Waals surface area contributed by atoms with Crippen molar-refractivity contribution >= 4 is 17.6 Å². The molecule has 0 aliphatic heterocycles. The summed E-state index contributed by atoms with van der Waals surface area (Å²) in [6.45, 7) is 1.21. The van der Waals surface area contributed by atoms with E-state index < -0.39 is 12.0 Å². The number of carboxylic acid groups (broad SMARTS) is 1. The molecule has 2 aromatic rings. The summed E-state index contributed by atoms with van der Waals surface area (Å²) in [4.78, 5) is 27.4. The molecule has 8 heteroatoms. The molecule has 0 bridgehead atoms. The quantitative estimate of drug-likeness (QED) is 0.561. The SMILES string of the molecule is COc1ccccc1NC(=O)C[C@H](NCCCn1ccnc1)C(=O)O. The average molecular weight is 346 g/mol. The van der Waals surface area contributed by atoms with Crippen LogP contribution in [-0.4, -0.2) is 46.2 Å². The summed E-state index contributed by atoms with van der Waals surface area (Å²) in [5.74, 6) is -0.923. The Kier molecular flexibility index (Phi) is 6.97. The maximum Gasteiger partial charge on any atom is 0.321 e. The van der Waals surface area contributed by atoms with E-state index in [1.54, 1.807) is 36.8 Å². The number of carbonyl (C=O) groups is 2. The highest BCUT2D eigenvalue weighted by atomic mass is 16.5. The average Bonchev–Trinajstić information content (AvgIpc) is 3.11. The standard InChI is InChI=1S/C17H22N4O4/c1-25-15-6-3-2-5-13(15)20-16(22)11-14(17(23)24)19-7-4-9-21-10-8-18-12-21/h2-3,5-6,8,10,12,14,19H,4,7,9,11H2,1H3,(H,20,22)(H,23,24)/t14-/m0/s1. The number of amides is 1. The first-order valence-electron chi connectivity index (χ1n) is 7.95. The second-order valence-corrected chi connectivity index (χ2v) is 5.45. The molecule has 3 N–H and O–H groups in total. The fourth-order valence-electron chi connectivity index (χ4n) is 2.34. The van der Waals surface area contributed by atoms with Gasteiger partial charge in [0.15, 0.2) is 0 Å². The van der Waals surface area contributed by atoms with Crippen LogP contribution in [0.2, 0.25) is 0 Å². The van der Waals surface area contributed by atoms with Crippen molar-refractivity contribution in [2.24, 2.45) is 0 Å². The number of hydrogen-bond donors (Lipinski definition) is 3. The Labute approximate surface area is 145 Å². The van der Waals surface area contributed by atoms with Crippen molar-refractivity contribution in [3.63, 3.8) is 0 Å². The number of carbonyl (C=O) groups excluding carboxylic acids is 1. The summed E-state index contributed by atoms with van der Waals surface area (Å²) in [6.07, 6.45) is 5.80. The number of aryl methyl sites for hydroxylation is 1. The van der Waals surface area contributed by atoms with E-state index in [1.165, 1.54) is 7.11 Å². The molecule has 1 aromatic carbocycles. The number of nitrogens with zero attached hydrogens (tertiary/aromatic N) is 2. The number of methoxy groups -OCH3 is 1. The Morgan fingerprint density at radius 1 is 1.36 bits per heavy atom. The van der Waals surface area contributed by atoms with Crippen molar-refractivity contribution in [1.82, 2.24) is 14.9 Å². The third kappa shape index (κ3) is 5.92. The Morgan fingerprint density at radius 3 is 2.84 bits per heavy atom. The molecule has 0 radical (unpaired) electrons. The van der Waals surface area contributed by atoms with E-state index in [9.17, 15) is 14.7 Å². The van der Waals surface area contributed by atoms with Gasteiger partial charge in [0, 0.05) is 18.9 Å². The summed E-state index contributed by atoms with van der Waals surface area (Å²) < 4.78 is 7.07. The van der Waals surface area contributed by atoms with E-state index in [0.717, 1.165) is 13.0 Å². The van der Waals surface area contributed by atoms with Crippen LogP contribution in [0.15, 0.2) is 43.0 Å². The topological polar surface area (TPSA) is 105 Å². The van der Waals surface area contributed by atoms with Crippen LogP contribution < -0.4 is 15.4 Å². The van der Waals surface area contributed by atoms with Gasteiger partial charge in [-0.15, -0.1) is 0 Å². The van der Waals surface area contributed by atoms with Crippen LogP contribution in [0, 0.1) is 0 Å². The molecule has 0 aliphatic carbocycles. The molecule has 0 saturated carbocycles. The molecule has 0 fully saturated rings. The number of ether oxygens (including phenoxy) is 1. The van der Waals surface area contributed by atoms with Gasteiger partial charge in [-0.3, -0.25) is 9.59 Å². The minimum atomic E-state index is -1.06. The molecule has 1 atom stereocenters. The number of anilines is 1. The van der Waals surface area contributed by atoms with E-state index >= 15 is 0 Å². The van der Waals surface area contributed by atoms with E-state index in [0.29, 0.717) is 18.0 Å². The highest BCUT2D eigenvalue weighted by Crippen LogP contribution is 2.23. The molecule has 1 amide bonds. The van der Waals surface area contributed by atoms with Gasteiger partial charge in [-0.1, -0.05) is 12.1 Å². The second-order valence-electron chi connectivity index (χ2n) is 5.45. The van der Waals surface area contributed by atoms with Crippen LogP contribution in [0.1, 0.15) is 12.8 Å².